The van der Waals surface area contributed by atoms with Gasteiger partial charge in [-0.15, -0.1) is 0 Å². The van der Waals surface area contributed by atoms with Gasteiger partial charge in [0.2, 0.25) is 0 Å². The maximum Gasteiger partial charge on any atom is 0.329 e. The van der Waals surface area contributed by atoms with Crippen molar-refractivity contribution in [1.29, 1.82) is 0 Å². The fourth-order valence-corrected chi connectivity index (χ4v) is 3.55. The summed E-state index contributed by atoms with van der Waals surface area (Å²) >= 11 is 1.91. The standard InChI is InChI=1S/C12H20N2O4S/c1-12(18-6-10(15)16)7-14(8-12)11(17)13-5-9-3-2-4-19-9/h9H,2-8H2,1H3,(H,13,17)(H,15,16). The molecular formula is C12H20N2O4S. The molecule has 0 saturated carbocycles. The van der Waals surface area contributed by atoms with Crippen molar-refractivity contribution < 1.29 is 19.4 Å². The zero-order valence-electron chi connectivity index (χ0n) is 11.1. The Morgan fingerprint density at radius 1 is 1.53 bits per heavy atom. The van der Waals surface area contributed by atoms with Crippen LogP contribution in [0.25, 0.3) is 0 Å². The van der Waals surface area contributed by atoms with E-state index in [1.807, 2.05) is 18.7 Å². The van der Waals surface area contributed by atoms with Crippen LogP contribution in [0.1, 0.15) is 19.8 Å². The number of urea groups is 1. The minimum absolute atomic E-state index is 0.0797. The van der Waals surface area contributed by atoms with Gasteiger partial charge < -0.3 is 20.1 Å². The zero-order chi connectivity index (χ0) is 13.9. The molecule has 7 heteroatoms. The molecule has 1 atom stereocenters. The van der Waals surface area contributed by atoms with Gasteiger partial charge in [-0.25, -0.2) is 9.59 Å². The number of amides is 2. The van der Waals surface area contributed by atoms with Gasteiger partial charge in [0, 0.05) is 11.8 Å². The molecule has 0 radical (unpaired) electrons. The third kappa shape index (κ3) is 4.01. The van der Waals surface area contributed by atoms with Crippen molar-refractivity contribution >= 4 is 23.8 Å². The van der Waals surface area contributed by atoms with Crippen LogP contribution >= 0.6 is 11.8 Å². The Bertz CT molecular complexity index is 352. The van der Waals surface area contributed by atoms with E-state index in [0.29, 0.717) is 24.9 Å². The van der Waals surface area contributed by atoms with Gasteiger partial charge >= 0.3 is 12.0 Å². The molecule has 2 heterocycles. The third-order valence-electron chi connectivity index (χ3n) is 3.39. The minimum Gasteiger partial charge on any atom is -0.480 e. The smallest absolute Gasteiger partial charge is 0.329 e. The normalized spacial score (nSPS) is 24.9. The van der Waals surface area contributed by atoms with E-state index >= 15 is 0 Å². The molecule has 0 spiro atoms. The summed E-state index contributed by atoms with van der Waals surface area (Å²) in [7, 11) is 0. The topological polar surface area (TPSA) is 78.9 Å². The molecule has 2 saturated heterocycles. The molecule has 6 nitrogen and oxygen atoms in total. The lowest BCUT2D eigenvalue weighted by Gasteiger charge is -2.47. The SMILES string of the molecule is CC1(OCC(=O)O)CN(C(=O)NCC2CCCS2)C1. The third-order valence-corrected chi connectivity index (χ3v) is 4.79. The summed E-state index contributed by atoms with van der Waals surface area (Å²) in [4.78, 5) is 23.9. The summed E-state index contributed by atoms with van der Waals surface area (Å²) in [6, 6.07) is -0.0797. The first-order valence-electron chi connectivity index (χ1n) is 6.49. The maximum absolute atomic E-state index is 11.8. The van der Waals surface area contributed by atoms with Gasteiger partial charge in [-0.2, -0.15) is 11.8 Å². The summed E-state index contributed by atoms with van der Waals surface area (Å²) in [5, 5.41) is 12.0. The molecule has 0 aromatic carbocycles. The summed E-state index contributed by atoms with van der Waals surface area (Å²) in [5.41, 5.74) is -0.516. The number of nitrogens with zero attached hydrogens (tertiary/aromatic N) is 1. The first kappa shape index (κ1) is 14.5. The van der Waals surface area contributed by atoms with Crippen LogP contribution in [0, 0.1) is 0 Å². The van der Waals surface area contributed by atoms with Crippen molar-refractivity contribution in [1.82, 2.24) is 10.2 Å². The average Bonchev–Trinajstić information content (AvgIpc) is 2.83. The van der Waals surface area contributed by atoms with Crippen LogP contribution in [0.15, 0.2) is 0 Å². The van der Waals surface area contributed by atoms with Crippen LogP contribution in [-0.2, 0) is 9.53 Å². The van der Waals surface area contributed by atoms with Crippen molar-refractivity contribution in [2.45, 2.75) is 30.6 Å². The van der Waals surface area contributed by atoms with Crippen molar-refractivity contribution in [3.05, 3.63) is 0 Å². The predicted octanol–water partition coefficient (Wildman–Crippen LogP) is 0.767. The fraction of sp³-hybridized carbons (Fsp3) is 0.833. The zero-order valence-corrected chi connectivity index (χ0v) is 11.9. The summed E-state index contributed by atoms with van der Waals surface area (Å²) in [5.74, 6) is 0.202. The second kappa shape index (κ2) is 6.00. The largest absolute Gasteiger partial charge is 0.480 e. The number of hydrogen-bond donors (Lipinski definition) is 2. The van der Waals surface area contributed by atoms with Gasteiger partial charge in [0.25, 0.3) is 0 Å². The highest BCUT2D eigenvalue weighted by Crippen LogP contribution is 2.26. The fourth-order valence-electron chi connectivity index (χ4n) is 2.35. The highest BCUT2D eigenvalue weighted by atomic mass is 32.2. The van der Waals surface area contributed by atoms with Crippen LogP contribution in [0.5, 0.6) is 0 Å². The Hall–Kier alpha value is -0.950. The number of thioether (sulfide) groups is 1. The Morgan fingerprint density at radius 3 is 2.84 bits per heavy atom. The second-order valence-electron chi connectivity index (χ2n) is 5.31. The number of hydrogen-bond acceptors (Lipinski definition) is 4. The van der Waals surface area contributed by atoms with Gasteiger partial charge in [0.15, 0.2) is 0 Å². The van der Waals surface area contributed by atoms with Crippen LogP contribution in [0.2, 0.25) is 0 Å². The molecule has 2 rings (SSSR count). The monoisotopic (exact) mass is 288 g/mol. The number of nitrogens with one attached hydrogen (secondary N) is 1. The van der Waals surface area contributed by atoms with Gasteiger partial charge in [-0.05, 0) is 25.5 Å². The quantitative estimate of drug-likeness (QED) is 0.781. The molecule has 0 bridgehead atoms. The van der Waals surface area contributed by atoms with Crippen molar-refractivity contribution in [3.8, 4) is 0 Å². The number of aliphatic carboxylic acids is 1. The van der Waals surface area contributed by atoms with Crippen molar-refractivity contribution in [2.24, 2.45) is 0 Å². The summed E-state index contributed by atoms with van der Waals surface area (Å²) in [6.45, 7) is 3.12. The highest BCUT2D eigenvalue weighted by molar-refractivity contribution is 8.00. The van der Waals surface area contributed by atoms with Crippen LogP contribution in [0.3, 0.4) is 0 Å². The number of carbonyl (C=O) groups is 2. The average molecular weight is 288 g/mol. The number of ether oxygens (including phenoxy) is 1. The number of likely N-dealkylation sites (tertiary alicyclic amines) is 1. The molecule has 108 valence electrons. The Balaban J connectivity index is 1.64. The van der Waals surface area contributed by atoms with E-state index in [1.54, 1.807) is 4.90 Å². The van der Waals surface area contributed by atoms with Gasteiger partial charge in [-0.1, -0.05) is 0 Å². The summed E-state index contributed by atoms with van der Waals surface area (Å²) in [6.07, 6.45) is 2.40. The molecule has 2 aliphatic rings. The second-order valence-corrected chi connectivity index (χ2v) is 6.72. The lowest BCUT2D eigenvalue weighted by atomic mass is 9.97. The van der Waals surface area contributed by atoms with Crippen molar-refractivity contribution in [3.63, 3.8) is 0 Å². The Morgan fingerprint density at radius 2 is 2.26 bits per heavy atom. The van der Waals surface area contributed by atoms with Crippen molar-refractivity contribution in [2.75, 3.05) is 32.0 Å². The van der Waals surface area contributed by atoms with E-state index < -0.39 is 11.6 Å². The Kier molecular flexibility index (Phi) is 4.57. The molecule has 19 heavy (non-hydrogen) atoms. The molecule has 2 aliphatic heterocycles. The molecule has 2 N–H and O–H groups in total. The predicted molar refractivity (Wildman–Crippen MR) is 72.4 cm³/mol. The number of carboxylic acid groups (broad SMARTS) is 1. The van der Waals surface area contributed by atoms with Gasteiger partial charge in [0.05, 0.1) is 13.1 Å². The molecule has 0 aromatic heterocycles. The molecule has 1 unspecified atom stereocenters. The van der Waals surface area contributed by atoms with Gasteiger partial charge in [0.1, 0.15) is 12.2 Å². The molecular weight excluding hydrogens is 268 g/mol. The highest BCUT2D eigenvalue weighted by Gasteiger charge is 2.42. The van der Waals surface area contributed by atoms with E-state index in [9.17, 15) is 9.59 Å². The summed E-state index contributed by atoms with van der Waals surface area (Å²) < 4.78 is 5.26. The van der Waals surface area contributed by atoms with E-state index in [-0.39, 0.29) is 12.6 Å². The molecule has 0 aromatic rings. The first-order valence-corrected chi connectivity index (χ1v) is 7.53. The van der Waals surface area contributed by atoms with E-state index in [0.717, 1.165) is 0 Å². The maximum atomic E-state index is 11.8. The lowest BCUT2D eigenvalue weighted by molar-refractivity contribution is -0.159. The minimum atomic E-state index is -0.984. The van der Waals surface area contributed by atoms with Gasteiger partial charge in [-0.3, -0.25) is 0 Å². The molecule has 0 aliphatic carbocycles. The Labute approximate surface area is 116 Å². The van der Waals surface area contributed by atoms with E-state index in [2.05, 4.69) is 5.32 Å². The van der Waals surface area contributed by atoms with Crippen LogP contribution in [0.4, 0.5) is 4.79 Å². The molecule has 2 amide bonds. The lowest BCUT2D eigenvalue weighted by Crippen LogP contribution is -2.65. The molecule has 2 fully saturated rings. The number of carbonyl (C=O) groups excluding carboxylic acids is 1. The van der Waals surface area contributed by atoms with Crippen LogP contribution < -0.4 is 5.32 Å². The van der Waals surface area contributed by atoms with E-state index in [1.165, 1.54) is 18.6 Å². The number of carboxylic acids is 1. The van der Waals surface area contributed by atoms with E-state index in [4.69, 9.17) is 9.84 Å². The van der Waals surface area contributed by atoms with Crippen LogP contribution in [-0.4, -0.2) is 64.9 Å². The first-order chi connectivity index (χ1) is 8.98. The number of rotatable bonds is 5.